The average molecular weight is 529 g/mol. The molecule has 0 heterocycles. The summed E-state index contributed by atoms with van der Waals surface area (Å²) in [5.74, 6) is -1.21. The van der Waals surface area contributed by atoms with Crippen LogP contribution in [0.25, 0.3) is 0 Å². The first kappa shape index (κ1) is 24.2. The predicted molar refractivity (Wildman–Crippen MR) is 130 cm³/mol. The van der Waals surface area contributed by atoms with Crippen molar-refractivity contribution >= 4 is 51.5 Å². The number of esters is 1. The maximum Gasteiger partial charge on any atom is 0.343 e. The minimum absolute atomic E-state index is 0.274. The van der Waals surface area contributed by atoms with E-state index in [4.69, 9.17) is 16.3 Å². The van der Waals surface area contributed by atoms with Crippen molar-refractivity contribution in [3.63, 3.8) is 0 Å². The highest BCUT2D eigenvalue weighted by molar-refractivity contribution is 9.10. The van der Waals surface area contributed by atoms with Gasteiger partial charge in [0, 0.05) is 20.6 Å². The second kappa shape index (κ2) is 11.4. The zero-order chi connectivity index (χ0) is 23.8. The number of carbonyl (C=O) groups excluding carboxylic acids is 3. The van der Waals surface area contributed by atoms with Crippen molar-refractivity contribution in [2.24, 2.45) is 5.10 Å². The smallest absolute Gasteiger partial charge is 0.343 e. The van der Waals surface area contributed by atoms with E-state index in [0.717, 1.165) is 10.0 Å². The number of amides is 2. The van der Waals surface area contributed by atoms with Gasteiger partial charge >= 0.3 is 5.97 Å². The second-order valence-electron chi connectivity index (χ2n) is 6.92. The number of hydrogen-bond acceptors (Lipinski definition) is 5. The van der Waals surface area contributed by atoms with Gasteiger partial charge in [0.1, 0.15) is 5.75 Å². The molecule has 0 fully saturated rings. The SMILES string of the molecule is Cc1ccc(C(=O)Oc2ccc(Br)cc2/C=N/NC(=O)CNC(=O)c2cccc(Cl)c2)cc1. The number of carbonyl (C=O) groups is 3. The Morgan fingerprint density at radius 2 is 1.79 bits per heavy atom. The molecule has 3 aromatic carbocycles. The van der Waals surface area contributed by atoms with E-state index in [1.54, 1.807) is 48.5 Å². The van der Waals surface area contributed by atoms with E-state index < -0.39 is 17.8 Å². The van der Waals surface area contributed by atoms with E-state index in [1.807, 2.05) is 19.1 Å². The lowest BCUT2D eigenvalue weighted by Crippen LogP contribution is -2.34. The van der Waals surface area contributed by atoms with E-state index in [0.29, 0.717) is 21.7 Å². The number of benzene rings is 3. The second-order valence-corrected chi connectivity index (χ2v) is 8.28. The molecule has 0 spiro atoms. The molecule has 3 aromatic rings. The molecule has 2 amide bonds. The molecule has 0 aliphatic carbocycles. The summed E-state index contributed by atoms with van der Waals surface area (Å²) in [6, 6.07) is 18.4. The minimum Gasteiger partial charge on any atom is -0.422 e. The molecule has 9 heteroatoms. The van der Waals surface area contributed by atoms with Crippen molar-refractivity contribution < 1.29 is 19.1 Å². The van der Waals surface area contributed by atoms with Crippen molar-refractivity contribution in [2.45, 2.75) is 6.92 Å². The fourth-order valence-corrected chi connectivity index (χ4v) is 3.24. The van der Waals surface area contributed by atoms with Crippen LogP contribution in [-0.2, 0) is 4.79 Å². The molecule has 2 N–H and O–H groups in total. The first-order chi connectivity index (χ1) is 15.8. The summed E-state index contributed by atoms with van der Waals surface area (Å²) in [7, 11) is 0. The van der Waals surface area contributed by atoms with E-state index in [-0.39, 0.29) is 12.3 Å². The zero-order valence-corrected chi connectivity index (χ0v) is 19.8. The summed E-state index contributed by atoms with van der Waals surface area (Å²) in [6.07, 6.45) is 1.35. The van der Waals surface area contributed by atoms with Crippen LogP contribution in [0.1, 0.15) is 31.8 Å². The topological polar surface area (TPSA) is 96.9 Å². The van der Waals surface area contributed by atoms with Gasteiger partial charge in [-0.25, -0.2) is 10.2 Å². The van der Waals surface area contributed by atoms with Crippen molar-refractivity contribution in [2.75, 3.05) is 6.54 Å². The van der Waals surface area contributed by atoms with E-state index in [1.165, 1.54) is 12.3 Å². The van der Waals surface area contributed by atoms with Crippen molar-refractivity contribution in [3.8, 4) is 5.75 Å². The third-order valence-electron chi connectivity index (χ3n) is 4.35. The largest absolute Gasteiger partial charge is 0.422 e. The van der Waals surface area contributed by atoms with Crippen LogP contribution in [0.15, 0.2) is 76.3 Å². The number of aryl methyl sites for hydroxylation is 1. The van der Waals surface area contributed by atoms with Crippen LogP contribution in [0.2, 0.25) is 5.02 Å². The zero-order valence-electron chi connectivity index (χ0n) is 17.5. The normalized spacial score (nSPS) is 10.6. The highest BCUT2D eigenvalue weighted by atomic mass is 79.9. The average Bonchev–Trinajstić information content (AvgIpc) is 2.79. The quantitative estimate of drug-likeness (QED) is 0.204. The Bertz CT molecular complexity index is 1210. The molecule has 0 aliphatic rings. The van der Waals surface area contributed by atoms with Crippen molar-refractivity contribution in [3.05, 3.63) is 98.5 Å². The van der Waals surface area contributed by atoms with Gasteiger partial charge in [0.15, 0.2) is 0 Å². The lowest BCUT2D eigenvalue weighted by atomic mass is 10.1. The molecule has 0 aromatic heterocycles. The van der Waals surface area contributed by atoms with Gasteiger partial charge in [0.2, 0.25) is 0 Å². The van der Waals surface area contributed by atoms with E-state index >= 15 is 0 Å². The standard InChI is InChI=1S/C24H19BrClN3O4/c1-15-5-7-16(8-6-15)24(32)33-21-10-9-19(25)11-18(21)13-28-29-22(30)14-27-23(31)17-3-2-4-20(26)12-17/h2-13H,14H2,1H3,(H,27,31)(H,29,30)/b28-13+. The third-order valence-corrected chi connectivity index (χ3v) is 5.08. The van der Waals surface area contributed by atoms with Crippen LogP contribution < -0.4 is 15.5 Å². The Balaban J connectivity index is 1.59. The molecular formula is C24H19BrClN3O4. The number of halogens is 2. The fraction of sp³-hybridized carbons (Fsp3) is 0.0833. The fourth-order valence-electron chi connectivity index (χ4n) is 2.67. The van der Waals surface area contributed by atoms with Gasteiger partial charge in [-0.3, -0.25) is 9.59 Å². The number of nitrogens with one attached hydrogen (secondary N) is 2. The Labute approximate surface area is 203 Å². The molecule has 33 heavy (non-hydrogen) atoms. The molecule has 0 atom stereocenters. The molecule has 0 bridgehead atoms. The lowest BCUT2D eigenvalue weighted by molar-refractivity contribution is -0.120. The molecular weight excluding hydrogens is 510 g/mol. The Morgan fingerprint density at radius 3 is 2.52 bits per heavy atom. The first-order valence-electron chi connectivity index (χ1n) is 9.76. The van der Waals surface area contributed by atoms with Gasteiger partial charge in [0.05, 0.1) is 18.3 Å². The Kier molecular flexibility index (Phi) is 8.34. The summed E-state index contributed by atoms with van der Waals surface area (Å²) < 4.78 is 6.23. The summed E-state index contributed by atoms with van der Waals surface area (Å²) in [6.45, 7) is 1.64. The molecule has 0 saturated carbocycles. The van der Waals surface area contributed by atoms with E-state index in [9.17, 15) is 14.4 Å². The summed E-state index contributed by atoms with van der Waals surface area (Å²) in [5, 5.41) is 6.79. The van der Waals surface area contributed by atoms with Gasteiger partial charge in [-0.2, -0.15) is 5.10 Å². The van der Waals surface area contributed by atoms with Gasteiger partial charge in [-0.15, -0.1) is 0 Å². The van der Waals surface area contributed by atoms with E-state index in [2.05, 4.69) is 31.8 Å². The Hall–Kier alpha value is -3.49. The van der Waals surface area contributed by atoms with Crippen LogP contribution in [0.3, 0.4) is 0 Å². The van der Waals surface area contributed by atoms with Crippen LogP contribution in [0.5, 0.6) is 5.75 Å². The Morgan fingerprint density at radius 1 is 1.03 bits per heavy atom. The van der Waals surface area contributed by atoms with Crippen LogP contribution in [0, 0.1) is 6.92 Å². The summed E-state index contributed by atoms with van der Waals surface area (Å²) in [5.41, 5.74) is 4.57. The molecule has 0 aliphatic heterocycles. The highest BCUT2D eigenvalue weighted by Crippen LogP contribution is 2.23. The summed E-state index contributed by atoms with van der Waals surface area (Å²) in [4.78, 5) is 36.5. The van der Waals surface area contributed by atoms with Gasteiger partial charge < -0.3 is 10.1 Å². The molecule has 0 radical (unpaired) electrons. The molecule has 168 valence electrons. The van der Waals surface area contributed by atoms with Crippen LogP contribution >= 0.6 is 27.5 Å². The van der Waals surface area contributed by atoms with Crippen molar-refractivity contribution in [1.82, 2.24) is 10.7 Å². The van der Waals surface area contributed by atoms with Crippen LogP contribution in [0.4, 0.5) is 0 Å². The first-order valence-corrected chi connectivity index (χ1v) is 10.9. The van der Waals surface area contributed by atoms with Gasteiger partial charge in [0.25, 0.3) is 11.8 Å². The molecule has 7 nitrogen and oxygen atoms in total. The number of hydrazone groups is 1. The van der Waals surface area contributed by atoms with Gasteiger partial charge in [-0.05, 0) is 55.5 Å². The minimum atomic E-state index is -0.533. The highest BCUT2D eigenvalue weighted by Gasteiger charge is 2.12. The third kappa shape index (κ3) is 7.27. The molecule has 0 unspecified atom stereocenters. The lowest BCUT2D eigenvalue weighted by Gasteiger charge is -2.08. The molecule has 0 saturated heterocycles. The van der Waals surface area contributed by atoms with Crippen molar-refractivity contribution in [1.29, 1.82) is 0 Å². The van der Waals surface area contributed by atoms with Crippen LogP contribution in [-0.4, -0.2) is 30.5 Å². The maximum absolute atomic E-state index is 12.4. The maximum atomic E-state index is 12.4. The summed E-state index contributed by atoms with van der Waals surface area (Å²) >= 11 is 9.22. The monoisotopic (exact) mass is 527 g/mol. The van der Waals surface area contributed by atoms with Gasteiger partial charge in [-0.1, -0.05) is 51.3 Å². The number of nitrogens with zero attached hydrogens (tertiary/aromatic N) is 1. The molecule has 3 rings (SSSR count). The number of ether oxygens (including phenoxy) is 1. The number of rotatable bonds is 7. The number of hydrogen-bond donors (Lipinski definition) is 2. The predicted octanol–water partition coefficient (Wildman–Crippen LogP) is 4.51.